The van der Waals surface area contributed by atoms with E-state index in [1.165, 1.54) is 0 Å². The van der Waals surface area contributed by atoms with Crippen molar-refractivity contribution < 1.29 is 9.90 Å². The molecule has 0 bridgehead atoms. The minimum Gasteiger partial charge on any atom is -0.387 e. The molecule has 0 fully saturated rings. The van der Waals surface area contributed by atoms with Crippen LogP contribution >= 0.6 is 0 Å². The molecule has 0 aliphatic rings. The summed E-state index contributed by atoms with van der Waals surface area (Å²) in [6.45, 7) is 6.61. The standard InChI is InChI=1S/C24H30N4O2/c1-16(11-19-5-4-6-20(12-19)13-23(25)30)26-15-22(29)21-9-10-24(27-14-21)28-17(2)7-8-18(28)3/h4-10,12,14,16,22,26,29H,11,13,15H2,1-3H3,(H2,25,30)/t16-,22+/m1/s1. The number of nitrogens with two attached hydrogens (primary N) is 1. The Kier molecular flexibility index (Phi) is 7.03. The number of amides is 1. The van der Waals surface area contributed by atoms with E-state index in [0.717, 1.165) is 40.3 Å². The Hall–Kier alpha value is -2.96. The molecule has 0 aliphatic carbocycles. The predicted octanol–water partition coefficient (Wildman–Crippen LogP) is 2.77. The molecular weight excluding hydrogens is 376 g/mol. The number of aromatic nitrogens is 2. The fourth-order valence-electron chi connectivity index (χ4n) is 3.68. The minimum absolute atomic E-state index is 0.167. The summed E-state index contributed by atoms with van der Waals surface area (Å²) in [4.78, 5) is 15.6. The van der Waals surface area contributed by atoms with Crippen LogP contribution in [0.3, 0.4) is 0 Å². The van der Waals surface area contributed by atoms with Crippen LogP contribution in [0.2, 0.25) is 0 Å². The highest BCUT2D eigenvalue weighted by atomic mass is 16.3. The molecule has 158 valence electrons. The van der Waals surface area contributed by atoms with Gasteiger partial charge in [-0.3, -0.25) is 4.79 Å². The zero-order valence-electron chi connectivity index (χ0n) is 17.8. The zero-order chi connectivity index (χ0) is 21.7. The molecule has 3 aromatic rings. The van der Waals surface area contributed by atoms with Crippen LogP contribution in [0.4, 0.5) is 0 Å². The molecule has 0 saturated carbocycles. The number of aliphatic hydroxyl groups excluding tert-OH is 1. The molecule has 2 atom stereocenters. The number of carbonyl (C=O) groups excluding carboxylic acids is 1. The summed E-state index contributed by atoms with van der Waals surface area (Å²) in [7, 11) is 0. The van der Waals surface area contributed by atoms with Gasteiger partial charge in [0.15, 0.2) is 0 Å². The second kappa shape index (κ2) is 9.69. The largest absolute Gasteiger partial charge is 0.387 e. The first-order valence-corrected chi connectivity index (χ1v) is 10.2. The third-order valence-electron chi connectivity index (χ3n) is 5.23. The van der Waals surface area contributed by atoms with Gasteiger partial charge < -0.3 is 20.7 Å². The van der Waals surface area contributed by atoms with Crippen LogP contribution in [-0.2, 0) is 17.6 Å². The minimum atomic E-state index is -0.637. The van der Waals surface area contributed by atoms with Crippen molar-refractivity contribution in [3.63, 3.8) is 0 Å². The average Bonchev–Trinajstić information content (AvgIpc) is 3.04. The van der Waals surface area contributed by atoms with Gasteiger partial charge in [-0.15, -0.1) is 0 Å². The lowest BCUT2D eigenvalue weighted by molar-refractivity contribution is -0.117. The number of nitrogens with zero attached hydrogens (tertiary/aromatic N) is 2. The number of hydrogen-bond donors (Lipinski definition) is 3. The Labute approximate surface area is 177 Å². The highest BCUT2D eigenvalue weighted by Gasteiger charge is 2.12. The highest BCUT2D eigenvalue weighted by Crippen LogP contribution is 2.17. The summed E-state index contributed by atoms with van der Waals surface area (Å²) >= 11 is 0. The predicted molar refractivity (Wildman–Crippen MR) is 119 cm³/mol. The second-order valence-electron chi connectivity index (χ2n) is 7.89. The second-order valence-corrected chi connectivity index (χ2v) is 7.89. The topological polar surface area (TPSA) is 93.2 Å². The molecule has 1 aromatic carbocycles. The summed E-state index contributed by atoms with van der Waals surface area (Å²) in [6, 6.07) is 16.0. The van der Waals surface area contributed by atoms with E-state index < -0.39 is 6.10 Å². The van der Waals surface area contributed by atoms with Crippen LogP contribution in [-0.4, -0.2) is 33.2 Å². The maximum Gasteiger partial charge on any atom is 0.221 e. The van der Waals surface area contributed by atoms with Gasteiger partial charge in [0.25, 0.3) is 0 Å². The first-order valence-electron chi connectivity index (χ1n) is 10.2. The molecular formula is C24H30N4O2. The quantitative estimate of drug-likeness (QED) is 0.509. The van der Waals surface area contributed by atoms with Crippen LogP contribution in [0.25, 0.3) is 5.82 Å². The lowest BCUT2D eigenvalue weighted by atomic mass is 10.0. The van der Waals surface area contributed by atoms with Gasteiger partial charge in [0.2, 0.25) is 5.91 Å². The van der Waals surface area contributed by atoms with Crippen molar-refractivity contribution in [2.45, 2.75) is 45.8 Å². The first-order chi connectivity index (χ1) is 14.3. The van der Waals surface area contributed by atoms with Crippen molar-refractivity contribution in [2.24, 2.45) is 5.73 Å². The van der Waals surface area contributed by atoms with Gasteiger partial charge in [0.1, 0.15) is 5.82 Å². The number of rotatable bonds is 9. The summed E-state index contributed by atoms with van der Waals surface area (Å²) in [5, 5.41) is 13.9. The summed E-state index contributed by atoms with van der Waals surface area (Å²) < 4.78 is 2.09. The zero-order valence-corrected chi connectivity index (χ0v) is 17.8. The van der Waals surface area contributed by atoms with Crippen molar-refractivity contribution in [3.05, 3.63) is 82.8 Å². The fraction of sp³-hybridized carbons (Fsp3) is 0.333. The van der Waals surface area contributed by atoms with Crippen LogP contribution in [0.1, 0.15) is 41.1 Å². The summed E-state index contributed by atoms with van der Waals surface area (Å²) in [5.74, 6) is 0.520. The molecule has 1 amide bonds. The van der Waals surface area contributed by atoms with Gasteiger partial charge >= 0.3 is 0 Å². The number of aliphatic hydroxyl groups is 1. The Morgan fingerprint density at radius 3 is 2.47 bits per heavy atom. The van der Waals surface area contributed by atoms with Gasteiger partial charge in [-0.1, -0.05) is 30.3 Å². The van der Waals surface area contributed by atoms with E-state index in [2.05, 4.69) is 33.9 Å². The third-order valence-corrected chi connectivity index (χ3v) is 5.23. The van der Waals surface area contributed by atoms with E-state index in [4.69, 9.17) is 5.73 Å². The Bertz CT molecular complexity index is 975. The van der Waals surface area contributed by atoms with Crippen LogP contribution in [0.5, 0.6) is 0 Å². The SMILES string of the molecule is Cc1ccc(C)n1-c1ccc([C@@H](O)CN[C@H](C)Cc2cccc(CC(N)=O)c2)cn1. The highest BCUT2D eigenvalue weighted by molar-refractivity contribution is 5.76. The molecule has 0 spiro atoms. The molecule has 0 unspecified atom stereocenters. The van der Waals surface area contributed by atoms with Crippen molar-refractivity contribution in [1.29, 1.82) is 0 Å². The maximum absolute atomic E-state index is 11.1. The van der Waals surface area contributed by atoms with Crippen LogP contribution in [0.15, 0.2) is 54.7 Å². The van der Waals surface area contributed by atoms with Crippen LogP contribution < -0.4 is 11.1 Å². The fourth-order valence-corrected chi connectivity index (χ4v) is 3.68. The number of primary amides is 1. The van der Waals surface area contributed by atoms with Crippen molar-refractivity contribution >= 4 is 5.91 Å². The Balaban J connectivity index is 1.55. The van der Waals surface area contributed by atoms with Gasteiger partial charge in [-0.2, -0.15) is 0 Å². The molecule has 0 radical (unpaired) electrons. The number of nitrogens with one attached hydrogen (secondary N) is 1. The van der Waals surface area contributed by atoms with E-state index in [1.54, 1.807) is 6.20 Å². The van der Waals surface area contributed by atoms with Crippen LogP contribution in [0, 0.1) is 13.8 Å². The normalized spacial score (nSPS) is 13.2. The molecule has 6 nitrogen and oxygen atoms in total. The van der Waals surface area contributed by atoms with E-state index in [0.29, 0.717) is 6.54 Å². The molecule has 30 heavy (non-hydrogen) atoms. The molecule has 3 rings (SSSR count). The van der Waals surface area contributed by atoms with Crippen molar-refractivity contribution in [2.75, 3.05) is 6.54 Å². The molecule has 2 aromatic heterocycles. The third kappa shape index (κ3) is 5.55. The molecule has 2 heterocycles. The number of pyridine rings is 1. The lowest BCUT2D eigenvalue weighted by Crippen LogP contribution is -2.32. The number of hydrogen-bond acceptors (Lipinski definition) is 4. The first kappa shape index (κ1) is 21.7. The number of carbonyl (C=O) groups is 1. The lowest BCUT2D eigenvalue weighted by Gasteiger charge is -2.18. The van der Waals surface area contributed by atoms with Gasteiger partial charge in [0.05, 0.1) is 12.5 Å². The van der Waals surface area contributed by atoms with Gasteiger partial charge in [-0.25, -0.2) is 4.98 Å². The monoisotopic (exact) mass is 406 g/mol. The smallest absolute Gasteiger partial charge is 0.221 e. The van der Waals surface area contributed by atoms with Gasteiger partial charge in [0, 0.05) is 35.7 Å². The van der Waals surface area contributed by atoms with E-state index in [9.17, 15) is 9.90 Å². The van der Waals surface area contributed by atoms with Gasteiger partial charge in [-0.05, 0) is 56.5 Å². The maximum atomic E-state index is 11.1. The molecule has 0 aliphatic heterocycles. The Morgan fingerprint density at radius 1 is 1.13 bits per heavy atom. The van der Waals surface area contributed by atoms with Crippen molar-refractivity contribution in [3.8, 4) is 5.82 Å². The number of aryl methyl sites for hydroxylation is 2. The summed E-state index contributed by atoms with van der Waals surface area (Å²) in [6.07, 6.45) is 2.14. The Morgan fingerprint density at radius 2 is 1.83 bits per heavy atom. The van der Waals surface area contributed by atoms with E-state index in [-0.39, 0.29) is 18.4 Å². The molecule has 4 N–H and O–H groups in total. The summed E-state index contributed by atoms with van der Waals surface area (Å²) in [5.41, 5.74) is 10.4. The van der Waals surface area contributed by atoms with E-state index in [1.807, 2.05) is 50.2 Å². The van der Waals surface area contributed by atoms with Crippen molar-refractivity contribution in [1.82, 2.24) is 14.9 Å². The molecule has 6 heteroatoms. The molecule has 0 saturated heterocycles. The number of benzene rings is 1. The average molecular weight is 407 g/mol. The van der Waals surface area contributed by atoms with E-state index >= 15 is 0 Å².